The Kier molecular flexibility index (Phi) is 4.51. The number of hydrogen-bond donors (Lipinski definition) is 0. The Morgan fingerprint density at radius 3 is 2.67 bits per heavy atom. The molecule has 0 aliphatic carbocycles. The van der Waals surface area contributed by atoms with Gasteiger partial charge in [-0.1, -0.05) is 11.6 Å². The van der Waals surface area contributed by atoms with E-state index in [1.807, 2.05) is 54.3 Å². The summed E-state index contributed by atoms with van der Waals surface area (Å²) in [7, 11) is 1.63. The van der Waals surface area contributed by atoms with E-state index in [0.717, 1.165) is 46.8 Å². The lowest BCUT2D eigenvalue weighted by atomic mass is 9.86. The molecular formula is C24H23ClN2O3. The van der Waals surface area contributed by atoms with Gasteiger partial charge < -0.3 is 18.9 Å². The standard InChI is InChI=1S/C24H23ClN2O3/c1-16-14-18(29-2)6-7-19(16)23(28)26-12-9-24(10-13-26)22-4-3-11-27(22)20-8-5-17(25)15-21(20)30-24/h3-8,11,14-15H,9-10,12-13H2,1-2H3. The molecule has 0 atom stereocenters. The third-order valence-electron chi connectivity index (χ3n) is 6.22. The summed E-state index contributed by atoms with van der Waals surface area (Å²) >= 11 is 6.22. The number of rotatable bonds is 2. The van der Waals surface area contributed by atoms with E-state index in [-0.39, 0.29) is 5.91 Å². The first-order chi connectivity index (χ1) is 14.5. The molecule has 1 fully saturated rings. The number of amides is 1. The van der Waals surface area contributed by atoms with Crippen molar-refractivity contribution < 1.29 is 14.3 Å². The van der Waals surface area contributed by atoms with Crippen molar-refractivity contribution in [1.82, 2.24) is 9.47 Å². The van der Waals surface area contributed by atoms with Crippen LogP contribution < -0.4 is 9.47 Å². The molecule has 2 aromatic carbocycles. The van der Waals surface area contributed by atoms with Crippen molar-refractivity contribution in [3.63, 3.8) is 0 Å². The molecule has 5 nitrogen and oxygen atoms in total. The molecule has 0 bridgehead atoms. The number of aryl methyl sites for hydroxylation is 1. The predicted molar refractivity (Wildman–Crippen MR) is 116 cm³/mol. The van der Waals surface area contributed by atoms with Gasteiger partial charge in [0.25, 0.3) is 5.91 Å². The monoisotopic (exact) mass is 422 g/mol. The summed E-state index contributed by atoms with van der Waals surface area (Å²) in [6.07, 6.45) is 3.51. The molecule has 5 rings (SSSR count). The van der Waals surface area contributed by atoms with Gasteiger partial charge in [-0.05, 0) is 55.0 Å². The van der Waals surface area contributed by atoms with Crippen LogP contribution in [0.15, 0.2) is 54.7 Å². The molecular weight excluding hydrogens is 400 g/mol. The minimum absolute atomic E-state index is 0.0552. The maximum Gasteiger partial charge on any atom is 0.254 e. The first kappa shape index (κ1) is 19.1. The van der Waals surface area contributed by atoms with Crippen molar-refractivity contribution in [3.8, 4) is 17.2 Å². The number of benzene rings is 2. The van der Waals surface area contributed by atoms with Gasteiger partial charge in [0.05, 0.1) is 18.5 Å². The highest BCUT2D eigenvalue weighted by Gasteiger charge is 2.44. The van der Waals surface area contributed by atoms with Gasteiger partial charge in [0, 0.05) is 48.8 Å². The number of ether oxygens (including phenoxy) is 2. The molecule has 0 radical (unpaired) electrons. The van der Waals surface area contributed by atoms with E-state index in [4.69, 9.17) is 21.1 Å². The predicted octanol–water partition coefficient (Wildman–Crippen LogP) is 4.97. The zero-order valence-corrected chi connectivity index (χ0v) is 17.8. The SMILES string of the molecule is COc1ccc(C(=O)N2CCC3(CC2)Oc2cc(Cl)ccc2-n2cccc23)c(C)c1. The van der Waals surface area contributed by atoms with Gasteiger partial charge in [-0.3, -0.25) is 4.79 Å². The van der Waals surface area contributed by atoms with Gasteiger partial charge in [-0.25, -0.2) is 0 Å². The van der Waals surface area contributed by atoms with Crippen LogP contribution in [0.3, 0.4) is 0 Å². The Bertz CT molecular complexity index is 1130. The molecule has 1 amide bonds. The summed E-state index contributed by atoms with van der Waals surface area (Å²) in [6.45, 7) is 3.20. The van der Waals surface area contributed by atoms with Crippen molar-refractivity contribution in [2.45, 2.75) is 25.4 Å². The quantitative estimate of drug-likeness (QED) is 0.585. The Labute approximate surface area is 180 Å². The molecule has 154 valence electrons. The number of carbonyl (C=O) groups excluding carboxylic acids is 1. The second-order valence-corrected chi connectivity index (χ2v) is 8.38. The fraction of sp³-hybridized carbons (Fsp3) is 0.292. The lowest BCUT2D eigenvalue weighted by Crippen LogP contribution is -2.50. The van der Waals surface area contributed by atoms with Crippen LogP contribution in [-0.4, -0.2) is 35.6 Å². The second-order valence-electron chi connectivity index (χ2n) is 7.94. The van der Waals surface area contributed by atoms with Crippen LogP contribution in [0, 0.1) is 6.92 Å². The molecule has 3 heterocycles. The normalized spacial score (nSPS) is 16.6. The van der Waals surface area contributed by atoms with E-state index >= 15 is 0 Å². The molecule has 1 spiro atoms. The first-order valence-electron chi connectivity index (χ1n) is 10.1. The molecule has 30 heavy (non-hydrogen) atoms. The molecule has 0 N–H and O–H groups in total. The van der Waals surface area contributed by atoms with Crippen molar-refractivity contribution in [1.29, 1.82) is 0 Å². The Morgan fingerprint density at radius 1 is 1.13 bits per heavy atom. The van der Waals surface area contributed by atoms with Crippen LogP contribution in [0.25, 0.3) is 5.69 Å². The lowest BCUT2D eigenvalue weighted by molar-refractivity contribution is -0.00931. The van der Waals surface area contributed by atoms with Crippen LogP contribution in [0.1, 0.15) is 34.5 Å². The minimum atomic E-state index is -0.451. The smallest absolute Gasteiger partial charge is 0.254 e. The average Bonchev–Trinajstić information content (AvgIpc) is 3.25. The molecule has 6 heteroatoms. The van der Waals surface area contributed by atoms with Gasteiger partial charge in [-0.15, -0.1) is 0 Å². The average molecular weight is 423 g/mol. The van der Waals surface area contributed by atoms with Gasteiger partial charge in [-0.2, -0.15) is 0 Å². The summed E-state index contributed by atoms with van der Waals surface area (Å²) in [5.41, 5.74) is 3.32. The fourth-order valence-corrected chi connectivity index (χ4v) is 4.76. The maximum atomic E-state index is 13.2. The molecule has 0 saturated carbocycles. The molecule has 1 aromatic heterocycles. The lowest BCUT2D eigenvalue weighted by Gasteiger charge is -2.45. The number of hydrogen-bond acceptors (Lipinski definition) is 3. The highest BCUT2D eigenvalue weighted by atomic mass is 35.5. The third kappa shape index (κ3) is 2.96. The van der Waals surface area contributed by atoms with Crippen LogP contribution >= 0.6 is 11.6 Å². The topological polar surface area (TPSA) is 43.7 Å². The molecule has 3 aromatic rings. The number of piperidine rings is 1. The number of nitrogens with zero attached hydrogens (tertiary/aromatic N) is 2. The van der Waals surface area contributed by atoms with Crippen molar-refractivity contribution in [2.24, 2.45) is 0 Å². The van der Waals surface area contributed by atoms with Crippen molar-refractivity contribution in [2.75, 3.05) is 20.2 Å². The number of fused-ring (bicyclic) bond motifs is 4. The van der Waals surface area contributed by atoms with Crippen LogP contribution in [-0.2, 0) is 5.60 Å². The summed E-state index contributed by atoms with van der Waals surface area (Å²) in [5, 5.41) is 0.655. The third-order valence-corrected chi connectivity index (χ3v) is 6.46. The van der Waals surface area contributed by atoms with E-state index < -0.39 is 5.60 Å². The fourth-order valence-electron chi connectivity index (χ4n) is 4.60. The van der Waals surface area contributed by atoms with Crippen molar-refractivity contribution >= 4 is 17.5 Å². The van der Waals surface area contributed by atoms with Gasteiger partial charge in [0.15, 0.2) is 5.60 Å². The summed E-state index contributed by atoms with van der Waals surface area (Å²) in [6, 6.07) is 15.5. The van der Waals surface area contributed by atoms with Crippen LogP contribution in [0.4, 0.5) is 0 Å². The van der Waals surface area contributed by atoms with Gasteiger partial charge in [0.2, 0.25) is 0 Å². The number of likely N-dealkylation sites (tertiary alicyclic amines) is 1. The zero-order valence-electron chi connectivity index (χ0n) is 17.0. The summed E-state index contributed by atoms with van der Waals surface area (Å²) in [5.74, 6) is 1.60. The van der Waals surface area contributed by atoms with Crippen LogP contribution in [0.5, 0.6) is 11.5 Å². The zero-order chi connectivity index (χ0) is 20.9. The van der Waals surface area contributed by atoms with E-state index in [9.17, 15) is 4.79 Å². The number of halogens is 1. The number of aromatic nitrogens is 1. The van der Waals surface area contributed by atoms with Crippen molar-refractivity contribution in [3.05, 3.63) is 76.6 Å². The number of methoxy groups -OCH3 is 1. The Morgan fingerprint density at radius 2 is 1.93 bits per heavy atom. The summed E-state index contributed by atoms with van der Waals surface area (Å²) in [4.78, 5) is 15.1. The number of carbonyl (C=O) groups is 1. The van der Waals surface area contributed by atoms with Gasteiger partial charge in [0.1, 0.15) is 11.5 Å². The van der Waals surface area contributed by atoms with E-state index in [1.54, 1.807) is 7.11 Å². The molecule has 2 aliphatic rings. The van der Waals surface area contributed by atoms with E-state index in [0.29, 0.717) is 18.1 Å². The first-order valence-corrected chi connectivity index (χ1v) is 10.5. The van der Waals surface area contributed by atoms with E-state index in [2.05, 4.69) is 16.8 Å². The Balaban J connectivity index is 1.40. The minimum Gasteiger partial charge on any atom is -0.497 e. The second kappa shape index (κ2) is 7.10. The molecule has 0 unspecified atom stereocenters. The van der Waals surface area contributed by atoms with E-state index in [1.165, 1.54) is 0 Å². The molecule has 2 aliphatic heterocycles. The summed E-state index contributed by atoms with van der Waals surface area (Å²) < 4.78 is 14.0. The molecule has 1 saturated heterocycles. The highest BCUT2D eigenvalue weighted by Crippen LogP contribution is 2.45. The Hall–Kier alpha value is -2.92. The van der Waals surface area contributed by atoms with Gasteiger partial charge >= 0.3 is 0 Å². The largest absolute Gasteiger partial charge is 0.497 e. The highest BCUT2D eigenvalue weighted by molar-refractivity contribution is 6.30. The maximum absolute atomic E-state index is 13.2. The van der Waals surface area contributed by atoms with Crippen LogP contribution in [0.2, 0.25) is 5.02 Å².